The number of methoxy groups -OCH3 is 1. The third-order valence-electron chi connectivity index (χ3n) is 4.58. The van der Waals surface area contributed by atoms with E-state index in [0.717, 1.165) is 22.7 Å². The lowest BCUT2D eigenvalue weighted by Crippen LogP contribution is -2.16. The van der Waals surface area contributed by atoms with E-state index in [1.54, 1.807) is 17.4 Å². The predicted octanol–water partition coefficient (Wildman–Crippen LogP) is 4.78. The summed E-state index contributed by atoms with van der Waals surface area (Å²) >= 11 is 4.40. The molecule has 0 spiro atoms. The van der Waals surface area contributed by atoms with Crippen LogP contribution in [-0.4, -0.2) is 39.5 Å². The largest absolute Gasteiger partial charge is 0.465 e. The van der Waals surface area contributed by atoms with E-state index in [9.17, 15) is 9.59 Å². The van der Waals surface area contributed by atoms with Crippen molar-refractivity contribution in [1.82, 2.24) is 14.8 Å². The Balaban J connectivity index is 1.73. The molecule has 7 nitrogen and oxygen atoms in total. The van der Waals surface area contributed by atoms with Gasteiger partial charge in [0.2, 0.25) is 5.91 Å². The SMILES string of the molecule is CCc1c(-c2nnc(SCC(=O)Nc3sc(C)cc3C(=O)OC)n2CC)csc1C. The van der Waals surface area contributed by atoms with Gasteiger partial charge in [-0.25, -0.2) is 4.79 Å². The molecule has 0 atom stereocenters. The van der Waals surface area contributed by atoms with Crippen molar-refractivity contribution in [3.8, 4) is 11.4 Å². The van der Waals surface area contributed by atoms with Crippen LogP contribution in [0.1, 0.15) is 39.5 Å². The maximum Gasteiger partial charge on any atom is 0.340 e. The quantitative estimate of drug-likeness (QED) is 0.381. The van der Waals surface area contributed by atoms with Gasteiger partial charge in [-0.1, -0.05) is 18.7 Å². The molecule has 160 valence electrons. The van der Waals surface area contributed by atoms with Gasteiger partial charge in [0.05, 0.1) is 18.4 Å². The number of anilines is 1. The van der Waals surface area contributed by atoms with Gasteiger partial charge < -0.3 is 14.6 Å². The van der Waals surface area contributed by atoms with Crippen molar-refractivity contribution >= 4 is 51.3 Å². The second-order valence-corrected chi connectivity index (χ2v) is 9.80. The summed E-state index contributed by atoms with van der Waals surface area (Å²) in [5, 5.41) is 14.9. The van der Waals surface area contributed by atoms with Crippen molar-refractivity contribution in [2.45, 2.75) is 45.8 Å². The van der Waals surface area contributed by atoms with Gasteiger partial charge >= 0.3 is 5.97 Å². The van der Waals surface area contributed by atoms with E-state index in [-0.39, 0.29) is 11.7 Å². The second-order valence-electron chi connectivity index (χ2n) is 6.52. The fraction of sp³-hybridized carbons (Fsp3) is 0.400. The standard InChI is InChI=1S/C20H24N4O3S3/c1-6-13-12(4)28-9-15(13)17-22-23-20(24(17)7-2)29-10-16(25)21-18-14(19(26)27-5)8-11(3)30-18/h8-9H,6-7,10H2,1-5H3,(H,21,25). The summed E-state index contributed by atoms with van der Waals surface area (Å²) in [6.45, 7) is 8.89. The fourth-order valence-corrected chi connectivity index (χ4v) is 5.80. The Kier molecular flexibility index (Phi) is 7.32. The van der Waals surface area contributed by atoms with Gasteiger partial charge in [0, 0.05) is 27.2 Å². The van der Waals surface area contributed by atoms with E-state index in [1.807, 2.05) is 18.4 Å². The van der Waals surface area contributed by atoms with Crippen molar-refractivity contribution in [2.75, 3.05) is 18.2 Å². The number of aromatic nitrogens is 3. The van der Waals surface area contributed by atoms with Crippen LogP contribution >= 0.6 is 34.4 Å². The first kappa shape index (κ1) is 22.5. The Morgan fingerprint density at radius 2 is 2.03 bits per heavy atom. The van der Waals surface area contributed by atoms with Crippen LogP contribution in [0.5, 0.6) is 0 Å². The van der Waals surface area contributed by atoms with Crippen LogP contribution in [0.3, 0.4) is 0 Å². The van der Waals surface area contributed by atoms with Crippen molar-refractivity contribution < 1.29 is 14.3 Å². The topological polar surface area (TPSA) is 86.1 Å². The molecule has 0 radical (unpaired) electrons. The monoisotopic (exact) mass is 464 g/mol. The third-order valence-corrected chi connectivity index (χ3v) is 7.46. The highest BCUT2D eigenvalue weighted by atomic mass is 32.2. The van der Waals surface area contributed by atoms with Gasteiger partial charge in [0.15, 0.2) is 11.0 Å². The van der Waals surface area contributed by atoms with E-state index in [0.29, 0.717) is 22.3 Å². The van der Waals surface area contributed by atoms with Gasteiger partial charge in [-0.05, 0) is 38.8 Å². The molecule has 1 N–H and O–H groups in total. The van der Waals surface area contributed by atoms with Crippen LogP contribution in [-0.2, 0) is 22.5 Å². The number of amides is 1. The van der Waals surface area contributed by atoms with E-state index in [1.165, 1.54) is 40.6 Å². The zero-order valence-electron chi connectivity index (χ0n) is 17.6. The van der Waals surface area contributed by atoms with E-state index >= 15 is 0 Å². The molecular weight excluding hydrogens is 440 g/mol. The summed E-state index contributed by atoms with van der Waals surface area (Å²) in [6.07, 6.45) is 0.939. The first-order valence-corrected chi connectivity index (χ1v) is 12.2. The highest BCUT2D eigenvalue weighted by Gasteiger charge is 2.20. The van der Waals surface area contributed by atoms with Crippen LogP contribution in [0.4, 0.5) is 5.00 Å². The van der Waals surface area contributed by atoms with Crippen LogP contribution in [0, 0.1) is 13.8 Å². The predicted molar refractivity (Wildman–Crippen MR) is 123 cm³/mol. The molecular formula is C20H24N4O3S3. The first-order valence-electron chi connectivity index (χ1n) is 9.51. The number of aryl methyl sites for hydroxylation is 2. The van der Waals surface area contributed by atoms with E-state index in [2.05, 4.69) is 34.7 Å². The van der Waals surface area contributed by atoms with Gasteiger partial charge in [0.25, 0.3) is 0 Å². The van der Waals surface area contributed by atoms with Crippen LogP contribution in [0.2, 0.25) is 0 Å². The summed E-state index contributed by atoms with van der Waals surface area (Å²) in [6, 6.07) is 1.72. The summed E-state index contributed by atoms with van der Waals surface area (Å²) in [5.41, 5.74) is 2.78. The number of thioether (sulfide) groups is 1. The molecule has 0 aromatic carbocycles. The van der Waals surface area contributed by atoms with Crippen molar-refractivity contribution in [2.24, 2.45) is 0 Å². The molecule has 3 aromatic rings. The van der Waals surface area contributed by atoms with Gasteiger partial charge in [0.1, 0.15) is 5.00 Å². The zero-order chi connectivity index (χ0) is 21.8. The minimum absolute atomic E-state index is 0.166. The Bertz CT molecular complexity index is 1070. The van der Waals surface area contributed by atoms with Gasteiger partial charge in [-0.3, -0.25) is 4.79 Å². The number of carbonyl (C=O) groups is 2. The van der Waals surface area contributed by atoms with Crippen molar-refractivity contribution in [3.05, 3.63) is 32.3 Å². The molecule has 0 saturated heterocycles. The minimum atomic E-state index is -0.463. The highest BCUT2D eigenvalue weighted by Crippen LogP contribution is 2.33. The number of thiophene rings is 2. The lowest BCUT2D eigenvalue weighted by molar-refractivity contribution is -0.113. The molecule has 3 rings (SSSR count). The van der Waals surface area contributed by atoms with Crippen LogP contribution in [0.25, 0.3) is 11.4 Å². The average Bonchev–Trinajstić information content (AvgIpc) is 3.41. The lowest BCUT2D eigenvalue weighted by atomic mass is 10.1. The number of nitrogens with zero attached hydrogens (tertiary/aromatic N) is 3. The van der Waals surface area contributed by atoms with Crippen molar-refractivity contribution in [3.63, 3.8) is 0 Å². The molecule has 0 aliphatic heterocycles. The zero-order valence-corrected chi connectivity index (χ0v) is 20.0. The Labute approximate surface area is 187 Å². The number of hydrogen-bond acceptors (Lipinski definition) is 8. The molecule has 3 aromatic heterocycles. The number of hydrogen-bond donors (Lipinski definition) is 1. The maximum atomic E-state index is 12.5. The average molecular weight is 465 g/mol. The Morgan fingerprint density at radius 1 is 1.27 bits per heavy atom. The molecule has 1 amide bonds. The Hall–Kier alpha value is -2.17. The highest BCUT2D eigenvalue weighted by molar-refractivity contribution is 7.99. The first-order chi connectivity index (χ1) is 14.4. The maximum absolute atomic E-state index is 12.5. The molecule has 0 saturated carbocycles. The number of rotatable bonds is 8. The number of ether oxygens (including phenoxy) is 1. The summed E-state index contributed by atoms with van der Waals surface area (Å²) in [5.74, 6) is 0.331. The number of esters is 1. The van der Waals surface area contributed by atoms with Crippen molar-refractivity contribution in [1.29, 1.82) is 0 Å². The summed E-state index contributed by atoms with van der Waals surface area (Å²) in [7, 11) is 1.32. The molecule has 3 heterocycles. The number of nitrogens with one attached hydrogen (secondary N) is 1. The molecule has 0 aliphatic rings. The molecule has 10 heteroatoms. The fourth-order valence-electron chi connectivity index (χ4n) is 3.15. The smallest absolute Gasteiger partial charge is 0.340 e. The lowest BCUT2D eigenvalue weighted by Gasteiger charge is -2.08. The van der Waals surface area contributed by atoms with E-state index in [4.69, 9.17) is 4.74 Å². The molecule has 0 bridgehead atoms. The van der Waals surface area contributed by atoms with Gasteiger partial charge in [-0.2, -0.15) is 0 Å². The second kappa shape index (κ2) is 9.76. The van der Waals surface area contributed by atoms with Crippen LogP contribution < -0.4 is 5.32 Å². The van der Waals surface area contributed by atoms with E-state index < -0.39 is 5.97 Å². The molecule has 0 aliphatic carbocycles. The molecule has 0 fully saturated rings. The van der Waals surface area contributed by atoms with Crippen LogP contribution in [0.15, 0.2) is 16.6 Å². The molecule has 30 heavy (non-hydrogen) atoms. The Morgan fingerprint density at radius 3 is 2.70 bits per heavy atom. The summed E-state index contributed by atoms with van der Waals surface area (Å²) in [4.78, 5) is 26.6. The normalized spacial score (nSPS) is 11.0. The number of carbonyl (C=O) groups excluding carboxylic acids is 2. The third kappa shape index (κ3) is 4.60. The van der Waals surface area contributed by atoms with Gasteiger partial charge in [-0.15, -0.1) is 32.9 Å². The minimum Gasteiger partial charge on any atom is -0.465 e. The molecule has 0 unspecified atom stereocenters. The summed E-state index contributed by atoms with van der Waals surface area (Å²) < 4.78 is 6.82.